The number of nitrogens with one attached hydrogen (secondary N) is 1. The number of carbonyl (C=O) groups is 1. The van der Waals surface area contributed by atoms with E-state index in [0.717, 1.165) is 16.7 Å². The van der Waals surface area contributed by atoms with Gasteiger partial charge in [0.1, 0.15) is 5.82 Å². The maximum atomic E-state index is 14.1. The van der Waals surface area contributed by atoms with Gasteiger partial charge in [0.25, 0.3) is 5.89 Å². The largest absolute Gasteiger partial charge is 0.334 e. The van der Waals surface area contributed by atoms with E-state index >= 15 is 0 Å². The van der Waals surface area contributed by atoms with E-state index in [1.807, 2.05) is 38.1 Å². The van der Waals surface area contributed by atoms with Gasteiger partial charge in [-0.3, -0.25) is 4.90 Å². The van der Waals surface area contributed by atoms with E-state index in [2.05, 4.69) is 15.5 Å². The molecular formula is C27H22ClFN4O2. The van der Waals surface area contributed by atoms with Crippen LogP contribution in [0.5, 0.6) is 0 Å². The van der Waals surface area contributed by atoms with Gasteiger partial charge in [-0.1, -0.05) is 53.2 Å². The van der Waals surface area contributed by atoms with Crippen molar-refractivity contribution in [3.63, 3.8) is 0 Å². The number of halogens is 2. The molecule has 1 aliphatic rings. The van der Waals surface area contributed by atoms with Gasteiger partial charge in [0.05, 0.1) is 18.2 Å². The molecule has 0 bridgehead atoms. The first-order valence-corrected chi connectivity index (χ1v) is 11.5. The van der Waals surface area contributed by atoms with Crippen molar-refractivity contribution in [2.24, 2.45) is 0 Å². The normalized spacial score (nSPS) is 15.9. The predicted molar refractivity (Wildman–Crippen MR) is 132 cm³/mol. The lowest BCUT2D eigenvalue weighted by Gasteiger charge is -2.35. The average molecular weight is 489 g/mol. The second-order valence-corrected chi connectivity index (χ2v) is 8.82. The van der Waals surface area contributed by atoms with Crippen molar-refractivity contribution < 1.29 is 13.7 Å². The van der Waals surface area contributed by atoms with Crippen molar-refractivity contribution in [1.29, 1.82) is 0 Å². The van der Waals surface area contributed by atoms with Crippen LogP contribution in [0, 0.1) is 12.7 Å². The number of hydrogen-bond acceptors (Lipinski definition) is 4. The van der Waals surface area contributed by atoms with Crippen molar-refractivity contribution in [1.82, 2.24) is 20.4 Å². The predicted octanol–water partition coefficient (Wildman–Crippen LogP) is 6.54. The van der Waals surface area contributed by atoms with Crippen LogP contribution in [-0.2, 0) is 6.54 Å². The molecule has 0 spiro atoms. The summed E-state index contributed by atoms with van der Waals surface area (Å²) in [7, 11) is 0. The van der Waals surface area contributed by atoms with Gasteiger partial charge in [0, 0.05) is 16.3 Å². The fourth-order valence-corrected chi connectivity index (χ4v) is 4.32. The number of urea groups is 1. The standard InChI is InChI=1S/C27H22ClFN4O2/c1-16-6-3-4-7-20(16)15-33-17(2)23(24(30-27(33)34)19-8-5-9-22(29)14-19)26-31-25(32-35-26)18-10-12-21(28)13-11-18/h3-14,24H,15H2,1-2H3,(H,30,34). The van der Waals surface area contributed by atoms with Crippen molar-refractivity contribution in [2.45, 2.75) is 26.4 Å². The zero-order valence-electron chi connectivity index (χ0n) is 19.1. The maximum Gasteiger partial charge on any atom is 0.322 e. The number of amides is 2. The van der Waals surface area contributed by atoms with Crippen LogP contribution < -0.4 is 5.32 Å². The molecule has 0 fully saturated rings. The van der Waals surface area contributed by atoms with E-state index in [0.29, 0.717) is 34.2 Å². The number of carbonyl (C=O) groups excluding carboxylic acids is 1. The first kappa shape index (κ1) is 22.8. The summed E-state index contributed by atoms with van der Waals surface area (Å²) < 4.78 is 19.8. The number of benzene rings is 3. The second-order valence-electron chi connectivity index (χ2n) is 8.38. The monoisotopic (exact) mass is 488 g/mol. The van der Waals surface area contributed by atoms with Crippen molar-refractivity contribution in [3.8, 4) is 11.4 Å². The molecular weight excluding hydrogens is 467 g/mol. The summed E-state index contributed by atoms with van der Waals surface area (Å²) >= 11 is 6.00. The number of aromatic nitrogens is 2. The Morgan fingerprint density at radius 3 is 2.57 bits per heavy atom. The maximum absolute atomic E-state index is 14.1. The molecule has 1 atom stereocenters. The number of allylic oxidation sites excluding steroid dienone is 1. The van der Waals surface area contributed by atoms with Crippen molar-refractivity contribution in [3.05, 3.63) is 112 Å². The lowest BCUT2D eigenvalue weighted by molar-refractivity contribution is 0.203. The van der Waals surface area contributed by atoms with Crippen LogP contribution in [0.15, 0.2) is 83.0 Å². The first-order valence-electron chi connectivity index (χ1n) is 11.1. The van der Waals surface area contributed by atoms with Crippen molar-refractivity contribution >= 4 is 23.2 Å². The minimum absolute atomic E-state index is 0.247. The van der Waals surface area contributed by atoms with E-state index in [1.165, 1.54) is 12.1 Å². The Kier molecular flexibility index (Phi) is 6.09. The minimum Gasteiger partial charge on any atom is -0.334 e. The van der Waals surface area contributed by atoms with E-state index < -0.39 is 11.9 Å². The summed E-state index contributed by atoms with van der Waals surface area (Å²) in [5.41, 5.74) is 4.66. The summed E-state index contributed by atoms with van der Waals surface area (Å²) in [5.74, 6) is 0.234. The third-order valence-corrected chi connectivity index (χ3v) is 6.38. The summed E-state index contributed by atoms with van der Waals surface area (Å²) in [6.45, 7) is 4.20. The fraction of sp³-hybridized carbons (Fsp3) is 0.148. The SMILES string of the molecule is CC1=C(c2nc(-c3ccc(Cl)cc3)no2)C(c2cccc(F)c2)NC(=O)N1Cc1ccccc1C. The molecule has 0 radical (unpaired) electrons. The smallest absolute Gasteiger partial charge is 0.322 e. The summed E-state index contributed by atoms with van der Waals surface area (Å²) in [6.07, 6.45) is 0. The second kappa shape index (κ2) is 9.35. The van der Waals surface area contributed by atoms with Crippen molar-refractivity contribution in [2.75, 3.05) is 0 Å². The molecule has 8 heteroatoms. The Labute approximate surface area is 207 Å². The van der Waals surface area contributed by atoms with Gasteiger partial charge in [0.15, 0.2) is 0 Å². The molecule has 1 unspecified atom stereocenters. The van der Waals surface area contributed by atoms with Gasteiger partial charge in [0.2, 0.25) is 5.82 Å². The molecule has 0 saturated carbocycles. The topological polar surface area (TPSA) is 71.3 Å². The van der Waals surface area contributed by atoms with E-state index in [-0.39, 0.29) is 11.9 Å². The quantitative estimate of drug-likeness (QED) is 0.346. The van der Waals surface area contributed by atoms with Gasteiger partial charge >= 0.3 is 6.03 Å². The fourth-order valence-electron chi connectivity index (χ4n) is 4.19. The van der Waals surface area contributed by atoms with Crippen LogP contribution in [0.2, 0.25) is 5.02 Å². The van der Waals surface area contributed by atoms with Gasteiger partial charge in [-0.15, -0.1) is 0 Å². The highest BCUT2D eigenvalue weighted by Crippen LogP contribution is 2.38. The van der Waals surface area contributed by atoms with Crippen LogP contribution in [0.25, 0.3) is 17.0 Å². The molecule has 5 rings (SSSR count). The van der Waals surface area contributed by atoms with Gasteiger partial charge in [-0.05, 0) is 66.9 Å². The molecule has 2 heterocycles. The number of hydrogen-bond donors (Lipinski definition) is 1. The lowest BCUT2D eigenvalue weighted by atomic mass is 9.94. The van der Waals surface area contributed by atoms with Crippen LogP contribution >= 0.6 is 11.6 Å². The summed E-state index contributed by atoms with van der Waals surface area (Å²) in [6, 6.07) is 20.2. The lowest BCUT2D eigenvalue weighted by Crippen LogP contribution is -2.45. The van der Waals surface area contributed by atoms with Gasteiger partial charge < -0.3 is 9.84 Å². The molecule has 4 aromatic rings. The molecule has 0 saturated heterocycles. The van der Waals surface area contributed by atoms with E-state index in [4.69, 9.17) is 16.1 Å². The average Bonchev–Trinajstić information content (AvgIpc) is 3.32. The molecule has 35 heavy (non-hydrogen) atoms. The zero-order valence-corrected chi connectivity index (χ0v) is 19.9. The molecule has 176 valence electrons. The first-order chi connectivity index (χ1) is 16.9. The third-order valence-electron chi connectivity index (χ3n) is 6.13. The number of aryl methyl sites for hydroxylation is 1. The Hall–Kier alpha value is -3.97. The van der Waals surface area contributed by atoms with Crippen LogP contribution in [-0.4, -0.2) is 21.1 Å². The molecule has 1 aliphatic heterocycles. The van der Waals surface area contributed by atoms with Crippen LogP contribution in [0.3, 0.4) is 0 Å². The highest BCUT2D eigenvalue weighted by atomic mass is 35.5. The van der Waals surface area contributed by atoms with Gasteiger partial charge in [-0.2, -0.15) is 4.98 Å². The van der Waals surface area contributed by atoms with Gasteiger partial charge in [-0.25, -0.2) is 9.18 Å². The molecule has 6 nitrogen and oxygen atoms in total. The summed E-state index contributed by atoms with van der Waals surface area (Å²) in [4.78, 5) is 19.5. The Morgan fingerprint density at radius 1 is 1.06 bits per heavy atom. The number of rotatable bonds is 5. The Morgan fingerprint density at radius 2 is 1.83 bits per heavy atom. The zero-order chi connectivity index (χ0) is 24.5. The highest BCUT2D eigenvalue weighted by molar-refractivity contribution is 6.30. The molecule has 0 aliphatic carbocycles. The highest BCUT2D eigenvalue weighted by Gasteiger charge is 2.36. The number of nitrogens with zero attached hydrogens (tertiary/aromatic N) is 3. The Bertz CT molecular complexity index is 1430. The molecule has 1 N–H and O–H groups in total. The molecule has 2 amide bonds. The Balaban J connectivity index is 1.61. The van der Waals surface area contributed by atoms with Crippen LogP contribution in [0.1, 0.15) is 35.5 Å². The van der Waals surface area contributed by atoms with E-state index in [1.54, 1.807) is 41.3 Å². The third kappa shape index (κ3) is 4.55. The van der Waals surface area contributed by atoms with Crippen LogP contribution in [0.4, 0.5) is 9.18 Å². The molecule has 1 aromatic heterocycles. The minimum atomic E-state index is -0.662. The summed E-state index contributed by atoms with van der Waals surface area (Å²) in [5, 5.41) is 7.75. The van der Waals surface area contributed by atoms with E-state index in [9.17, 15) is 9.18 Å². The molecule has 3 aromatic carbocycles.